The van der Waals surface area contributed by atoms with E-state index in [2.05, 4.69) is 51.5 Å². The third-order valence-corrected chi connectivity index (χ3v) is 4.14. The van der Waals surface area contributed by atoms with Crippen molar-refractivity contribution in [3.8, 4) is 6.01 Å². The average molecular weight is 294 g/mol. The van der Waals surface area contributed by atoms with Gasteiger partial charge in [0.1, 0.15) is 0 Å². The Hall–Kier alpha value is -1.63. The van der Waals surface area contributed by atoms with Gasteiger partial charge in [0.15, 0.2) is 0 Å². The zero-order chi connectivity index (χ0) is 15.3. The van der Waals surface area contributed by atoms with E-state index >= 15 is 0 Å². The molecule has 1 heterocycles. The maximum Gasteiger partial charge on any atom is 0.322 e. The number of nitrogens with zero attached hydrogens (tertiary/aromatic N) is 4. The van der Waals surface area contributed by atoms with Gasteiger partial charge >= 0.3 is 6.01 Å². The Kier molecular flexibility index (Phi) is 5.17. The zero-order valence-corrected chi connectivity index (χ0v) is 13.4. The number of anilines is 2. The lowest BCUT2D eigenvalue weighted by atomic mass is 9.75. The summed E-state index contributed by atoms with van der Waals surface area (Å²) in [4.78, 5) is 15.2. The van der Waals surface area contributed by atoms with E-state index in [-0.39, 0.29) is 5.54 Å². The van der Waals surface area contributed by atoms with Gasteiger partial charge in [-0.2, -0.15) is 15.0 Å². The predicted molar refractivity (Wildman–Crippen MR) is 83.9 cm³/mol. The first-order valence-corrected chi connectivity index (χ1v) is 7.55. The summed E-state index contributed by atoms with van der Waals surface area (Å²) < 4.78 is 5.14. The van der Waals surface area contributed by atoms with E-state index < -0.39 is 0 Å². The first-order valence-electron chi connectivity index (χ1n) is 7.55. The highest BCUT2D eigenvalue weighted by molar-refractivity contribution is 5.36. The van der Waals surface area contributed by atoms with E-state index in [1.54, 1.807) is 7.11 Å². The van der Waals surface area contributed by atoms with Crippen molar-refractivity contribution in [3.05, 3.63) is 0 Å². The van der Waals surface area contributed by atoms with Crippen LogP contribution in [-0.4, -0.2) is 59.7 Å². The van der Waals surface area contributed by atoms with Crippen LogP contribution in [0.1, 0.15) is 32.6 Å². The Morgan fingerprint density at radius 1 is 1.14 bits per heavy atom. The van der Waals surface area contributed by atoms with Crippen LogP contribution in [0.4, 0.5) is 11.9 Å². The molecule has 2 N–H and O–H groups in total. The van der Waals surface area contributed by atoms with Gasteiger partial charge in [0.2, 0.25) is 11.9 Å². The number of rotatable bonds is 8. The molecule has 1 aliphatic carbocycles. The fourth-order valence-corrected chi connectivity index (χ4v) is 2.45. The number of aromatic nitrogens is 3. The summed E-state index contributed by atoms with van der Waals surface area (Å²) in [6, 6.07) is 0.332. The summed E-state index contributed by atoms with van der Waals surface area (Å²) in [6.45, 7) is 3.76. The molecule has 7 heteroatoms. The molecule has 118 valence electrons. The fourth-order valence-electron chi connectivity index (χ4n) is 2.45. The molecule has 1 fully saturated rings. The van der Waals surface area contributed by atoms with Gasteiger partial charge in [-0.3, -0.25) is 0 Å². The van der Waals surface area contributed by atoms with Crippen LogP contribution in [0, 0.1) is 0 Å². The molecule has 0 aliphatic heterocycles. The Morgan fingerprint density at radius 2 is 1.81 bits per heavy atom. The highest BCUT2D eigenvalue weighted by Crippen LogP contribution is 2.36. The van der Waals surface area contributed by atoms with E-state index in [1.807, 2.05) is 0 Å². The highest BCUT2D eigenvalue weighted by Gasteiger charge is 2.38. The summed E-state index contributed by atoms with van der Waals surface area (Å²) in [5.41, 5.74) is 0.219. The maximum atomic E-state index is 5.14. The molecule has 2 rings (SSSR count). The average Bonchev–Trinajstić information content (AvgIpc) is 2.43. The Bertz CT molecular complexity index is 461. The molecule has 1 saturated carbocycles. The van der Waals surface area contributed by atoms with E-state index in [0.717, 1.165) is 19.5 Å². The van der Waals surface area contributed by atoms with E-state index in [1.165, 1.54) is 19.3 Å². The van der Waals surface area contributed by atoms with Crippen molar-refractivity contribution in [2.45, 2.75) is 38.1 Å². The number of methoxy groups -OCH3 is 1. The predicted octanol–water partition coefficient (Wildman–Crippen LogP) is 1.60. The second-order valence-corrected chi connectivity index (χ2v) is 5.72. The summed E-state index contributed by atoms with van der Waals surface area (Å²) >= 11 is 0. The molecule has 21 heavy (non-hydrogen) atoms. The molecule has 7 nitrogen and oxygen atoms in total. The van der Waals surface area contributed by atoms with Crippen molar-refractivity contribution in [3.63, 3.8) is 0 Å². The minimum atomic E-state index is 0.219. The van der Waals surface area contributed by atoms with Crippen LogP contribution in [0.25, 0.3) is 0 Å². The quantitative estimate of drug-likeness (QED) is 0.754. The monoisotopic (exact) mass is 294 g/mol. The third-order valence-electron chi connectivity index (χ3n) is 4.14. The summed E-state index contributed by atoms with van der Waals surface area (Å²) in [5, 5.41) is 6.50. The molecule has 1 aromatic heterocycles. The van der Waals surface area contributed by atoms with Gasteiger partial charge in [0.05, 0.1) is 7.11 Å². The molecule has 1 aliphatic rings. The van der Waals surface area contributed by atoms with Crippen LogP contribution < -0.4 is 15.4 Å². The molecule has 0 amide bonds. The largest absolute Gasteiger partial charge is 0.467 e. The lowest BCUT2D eigenvalue weighted by Gasteiger charge is -2.47. The molecular weight excluding hydrogens is 268 g/mol. The van der Waals surface area contributed by atoms with E-state index in [4.69, 9.17) is 4.74 Å². The molecule has 0 radical (unpaired) electrons. The molecule has 1 aromatic rings. The van der Waals surface area contributed by atoms with Crippen molar-refractivity contribution in [2.75, 3.05) is 44.9 Å². The normalized spacial score (nSPS) is 16.4. The smallest absolute Gasteiger partial charge is 0.322 e. The zero-order valence-electron chi connectivity index (χ0n) is 13.4. The molecule has 0 spiro atoms. The first kappa shape index (κ1) is 15.8. The SMILES string of the molecule is CCCNc1nc(NCC2(N(C)C)CCC2)nc(OC)n1. The van der Waals surface area contributed by atoms with Crippen LogP contribution in [0.2, 0.25) is 0 Å². The van der Waals surface area contributed by atoms with Crippen molar-refractivity contribution in [2.24, 2.45) is 0 Å². The minimum absolute atomic E-state index is 0.219. The molecule has 0 atom stereocenters. The third kappa shape index (κ3) is 3.72. The number of likely N-dealkylation sites (N-methyl/N-ethyl adjacent to an activating group) is 1. The van der Waals surface area contributed by atoms with Crippen molar-refractivity contribution in [1.82, 2.24) is 19.9 Å². The van der Waals surface area contributed by atoms with Crippen LogP contribution in [0.5, 0.6) is 6.01 Å². The number of hydrogen-bond acceptors (Lipinski definition) is 7. The van der Waals surface area contributed by atoms with Crippen LogP contribution in [0.15, 0.2) is 0 Å². The molecule has 0 bridgehead atoms. The van der Waals surface area contributed by atoms with Gasteiger partial charge in [0.25, 0.3) is 0 Å². The molecule has 0 unspecified atom stereocenters. The second kappa shape index (κ2) is 6.89. The van der Waals surface area contributed by atoms with Gasteiger partial charge in [0, 0.05) is 18.6 Å². The standard InChI is InChI=1S/C14H26N6O/c1-5-9-15-11-17-12(19-13(18-11)21-4)16-10-14(20(2)3)7-6-8-14/h5-10H2,1-4H3,(H2,15,16,17,18,19). The fraction of sp³-hybridized carbons (Fsp3) is 0.786. The van der Waals surface area contributed by atoms with Crippen molar-refractivity contribution in [1.29, 1.82) is 0 Å². The van der Waals surface area contributed by atoms with Gasteiger partial charge in [-0.15, -0.1) is 0 Å². The van der Waals surface area contributed by atoms with Crippen LogP contribution in [0.3, 0.4) is 0 Å². The highest BCUT2D eigenvalue weighted by atomic mass is 16.5. The minimum Gasteiger partial charge on any atom is -0.467 e. The number of hydrogen-bond donors (Lipinski definition) is 2. The Morgan fingerprint density at radius 3 is 2.29 bits per heavy atom. The molecule has 0 aromatic carbocycles. The lowest BCUT2D eigenvalue weighted by Crippen LogP contribution is -2.54. The van der Waals surface area contributed by atoms with Gasteiger partial charge in [-0.05, 0) is 39.8 Å². The van der Waals surface area contributed by atoms with Crippen molar-refractivity contribution < 1.29 is 4.74 Å². The van der Waals surface area contributed by atoms with Gasteiger partial charge in [-0.1, -0.05) is 6.92 Å². The van der Waals surface area contributed by atoms with Gasteiger partial charge in [-0.25, -0.2) is 0 Å². The molecule has 0 saturated heterocycles. The summed E-state index contributed by atoms with van der Waals surface area (Å²) in [7, 11) is 5.82. The second-order valence-electron chi connectivity index (χ2n) is 5.72. The topological polar surface area (TPSA) is 75.2 Å². The lowest BCUT2D eigenvalue weighted by molar-refractivity contribution is 0.0737. The Balaban J connectivity index is 2.04. The van der Waals surface area contributed by atoms with Crippen LogP contribution >= 0.6 is 0 Å². The van der Waals surface area contributed by atoms with Crippen molar-refractivity contribution >= 4 is 11.9 Å². The van der Waals surface area contributed by atoms with Gasteiger partial charge < -0.3 is 20.3 Å². The number of nitrogens with one attached hydrogen (secondary N) is 2. The summed E-state index contributed by atoms with van der Waals surface area (Å²) in [6.07, 6.45) is 4.70. The molecular formula is C14H26N6O. The summed E-state index contributed by atoms with van der Waals surface area (Å²) in [5.74, 6) is 1.12. The number of ether oxygens (including phenoxy) is 1. The van der Waals surface area contributed by atoms with Crippen LogP contribution in [-0.2, 0) is 0 Å². The van der Waals surface area contributed by atoms with E-state index in [9.17, 15) is 0 Å². The van der Waals surface area contributed by atoms with E-state index in [0.29, 0.717) is 17.9 Å². The Labute approximate surface area is 126 Å². The maximum absolute atomic E-state index is 5.14. The first-order chi connectivity index (χ1) is 10.1.